The molecule has 3 rings (SSSR count). The summed E-state index contributed by atoms with van der Waals surface area (Å²) in [4.78, 5) is 4.96. The third kappa shape index (κ3) is 1.99. The maximum absolute atomic E-state index is 6.03. The van der Waals surface area contributed by atoms with E-state index in [0.29, 0.717) is 12.2 Å². The summed E-state index contributed by atoms with van der Waals surface area (Å²) < 4.78 is 0. The minimum absolute atomic E-state index is 0.351. The predicted molar refractivity (Wildman–Crippen MR) is 68.5 cm³/mol. The lowest BCUT2D eigenvalue weighted by Gasteiger charge is -2.40. The molecule has 3 nitrogen and oxygen atoms in total. The summed E-state index contributed by atoms with van der Waals surface area (Å²) in [6.45, 7) is 3.27. The van der Waals surface area contributed by atoms with Gasteiger partial charge in [0, 0.05) is 25.7 Å². The highest BCUT2D eigenvalue weighted by atomic mass is 15.4. The second-order valence-electron chi connectivity index (χ2n) is 5.27. The van der Waals surface area contributed by atoms with Crippen molar-refractivity contribution in [3.8, 4) is 0 Å². The Morgan fingerprint density at radius 3 is 3.06 bits per heavy atom. The maximum Gasteiger partial charge on any atom is 0.0887 e. The van der Waals surface area contributed by atoms with Gasteiger partial charge in [-0.3, -0.25) is 9.80 Å². The van der Waals surface area contributed by atoms with Crippen molar-refractivity contribution in [3.63, 3.8) is 0 Å². The fourth-order valence-corrected chi connectivity index (χ4v) is 3.11. The molecule has 2 aliphatic rings. The lowest BCUT2D eigenvalue weighted by molar-refractivity contribution is 0.0709. The van der Waals surface area contributed by atoms with E-state index in [1.165, 1.54) is 11.1 Å². The van der Waals surface area contributed by atoms with Gasteiger partial charge in [0.05, 0.1) is 6.17 Å². The minimum atomic E-state index is 0.351. The molecule has 91 valence electrons. The summed E-state index contributed by atoms with van der Waals surface area (Å²) in [5.74, 6) is 0. The number of benzene rings is 1. The fraction of sp³-hybridized carbons (Fsp3) is 0.571. The Morgan fingerprint density at radius 1 is 1.41 bits per heavy atom. The molecular weight excluding hydrogens is 210 g/mol. The average Bonchev–Trinajstić information content (AvgIpc) is 2.75. The van der Waals surface area contributed by atoms with Gasteiger partial charge < -0.3 is 5.73 Å². The number of nitrogens with two attached hydrogens (primary N) is 1. The van der Waals surface area contributed by atoms with Crippen molar-refractivity contribution in [3.05, 3.63) is 35.4 Å². The number of likely N-dealkylation sites (N-methyl/N-ethyl adjacent to an activating group) is 1. The molecule has 0 spiro atoms. The van der Waals surface area contributed by atoms with Gasteiger partial charge in [-0.25, -0.2) is 0 Å². The first kappa shape index (κ1) is 11.2. The van der Waals surface area contributed by atoms with Crippen molar-refractivity contribution in [2.45, 2.75) is 25.0 Å². The molecule has 3 heteroatoms. The summed E-state index contributed by atoms with van der Waals surface area (Å²) >= 11 is 0. The zero-order valence-electron chi connectivity index (χ0n) is 10.4. The lowest BCUT2D eigenvalue weighted by atomic mass is 9.96. The number of hydrogen-bond donors (Lipinski definition) is 1. The van der Waals surface area contributed by atoms with E-state index in [4.69, 9.17) is 5.73 Å². The number of hydrogen-bond acceptors (Lipinski definition) is 3. The number of likely N-dealkylation sites (tertiary alicyclic amines) is 1. The van der Waals surface area contributed by atoms with Crippen molar-refractivity contribution in [1.29, 1.82) is 0 Å². The van der Waals surface area contributed by atoms with Crippen molar-refractivity contribution in [2.24, 2.45) is 5.73 Å². The first-order valence-corrected chi connectivity index (χ1v) is 6.44. The molecule has 1 fully saturated rings. The highest BCUT2D eigenvalue weighted by Crippen LogP contribution is 2.33. The number of rotatable bonds is 1. The average molecular weight is 230 g/mol. The zero-order valence-corrected chi connectivity index (χ0v) is 10.4. The Hall–Kier alpha value is -0.900. The van der Waals surface area contributed by atoms with Gasteiger partial charge >= 0.3 is 0 Å². The van der Waals surface area contributed by atoms with E-state index in [2.05, 4.69) is 35.0 Å². The van der Waals surface area contributed by atoms with Gasteiger partial charge in [-0.05, 0) is 37.1 Å². The maximum atomic E-state index is 6.03. The van der Waals surface area contributed by atoms with E-state index in [9.17, 15) is 0 Å². The van der Waals surface area contributed by atoms with Crippen LogP contribution in [0.2, 0.25) is 0 Å². The third-order valence-corrected chi connectivity index (χ3v) is 4.02. The molecule has 0 bridgehead atoms. The summed E-state index contributed by atoms with van der Waals surface area (Å²) in [6.07, 6.45) is 2.68. The fourth-order valence-electron chi connectivity index (χ4n) is 3.11. The van der Waals surface area contributed by atoms with Crippen molar-refractivity contribution < 1.29 is 0 Å². The smallest absolute Gasteiger partial charge is 0.0887 e. The molecule has 17 heavy (non-hydrogen) atoms. The van der Waals surface area contributed by atoms with Crippen LogP contribution in [0.15, 0.2) is 18.2 Å². The third-order valence-electron chi connectivity index (χ3n) is 4.02. The Labute approximate surface area is 103 Å². The van der Waals surface area contributed by atoms with Crippen LogP contribution < -0.4 is 5.73 Å². The molecule has 2 heterocycles. The molecule has 0 amide bonds. The second kappa shape index (κ2) is 4.41. The van der Waals surface area contributed by atoms with Gasteiger partial charge in [-0.1, -0.05) is 18.2 Å². The van der Waals surface area contributed by atoms with Crippen molar-refractivity contribution in [2.75, 3.05) is 26.7 Å². The number of fused-ring (bicyclic) bond motifs is 1. The summed E-state index contributed by atoms with van der Waals surface area (Å²) in [5.41, 5.74) is 8.94. The number of nitrogens with zero attached hydrogens (tertiary/aromatic N) is 2. The van der Waals surface area contributed by atoms with Gasteiger partial charge in [0.2, 0.25) is 0 Å². The van der Waals surface area contributed by atoms with Crippen LogP contribution in [0.3, 0.4) is 0 Å². The van der Waals surface area contributed by atoms with Crippen LogP contribution in [0.5, 0.6) is 0 Å². The first-order chi connectivity index (χ1) is 8.25. The van der Waals surface area contributed by atoms with E-state index in [1.54, 1.807) is 0 Å². The molecule has 2 aliphatic heterocycles. The largest absolute Gasteiger partial charge is 0.326 e. The molecular formula is C14H20N3. The van der Waals surface area contributed by atoms with Crippen LogP contribution in [0.4, 0.5) is 0 Å². The molecule has 0 aliphatic carbocycles. The predicted octanol–water partition coefficient (Wildman–Crippen LogP) is 1.01. The van der Waals surface area contributed by atoms with Gasteiger partial charge in [0.15, 0.2) is 0 Å². The van der Waals surface area contributed by atoms with Crippen molar-refractivity contribution in [1.82, 2.24) is 9.80 Å². The minimum Gasteiger partial charge on any atom is -0.326 e. The van der Waals surface area contributed by atoms with E-state index in [0.717, 1.165) is 32.5 Å². The Bertz CT molecular complexity index is 404. The van der Waals surface area contributed by atoms with E-state index in [-0.39, 0.29) is 0 Å². The Balaban J connectivity index is 1.92. The van der Waals surface area contributed by atoms with E-state index < -0.39 is 0 Å². The quantitative estimate of drug-likeness (QED) is 0.781. The van der Waals surface area contributed by atoms with Gasteiger partial charge in [0.25, 0.3) is 0 Å². The van der Waals surface area contributed by atoms with Crippen molar-refractivity contribution >= 4 is 0 Å². The van der Waals surface area contributed by atoms with E-state index in [1.807, 2.05) is 6.07 Å². The molecule has 0 saturated carbocycles. The van der Waals surface area contributed by atoms with Crippen LogP contribution in [-0.4, -0.2) is 42.5 Å². The van der Waals surface area contributed by atoms with Crippen LogP contribution in [0.25, 0.3) is 0 Å². The summed E-state index contributed by atoms with van der Waals surface area (Å²) in [7, 11) is 2.22. The van der Waals surface area contributed by atoms with E-state index >= 15 is 0 Å². The second-order valence-corrected chi connectivity index (χ2v) is 5.27. The summed E-state index contributed by atoms with van der Waals surface area (Å²) in [6, 6.07) is 9.94. The molecule has 2 N–H and O–H groups in total. The highest BCUT2D eigenvalue weighted by Gasteiger charge is 2.33. The Morgan fingerprint density at radius 2 is 2.29 bits per heavy atom. The van der Waals surface area contributed by atoms with Gasteiger partial charge in [-0.15, -0.1) is 0 Å². The topological polar surface area (TPSA) is 32.5 Å². The van der Waals surface area contributed by atoms with Crippen LogP contribution >= 0.6 is 0 Å². The molecule has 1 radical (unpaired) electrons. The van der Waals surface area contributed by atoms with Crippen LogP contribution in [0, 0.1) is 6.07 Å². The summed E-state index contributed by atoms with van der Waals surface area (Å²) in [5, 5.41) is 0. The molecule has 1 aromatic rings. The molecule has 1 saturated heterocycles. The molecule has 0 aromatic heterocycles. The van der Waals surface area contributed by atoms with Crippen LogP contribution in [-0.2, 0) is 6.42 Å². The normalized spacial score (nSPS) is 30.5. The molecule has 2 atom stereocenters. The Kier molecular flexibility index (Phi) is 2.90. The molecule has 1 unspecified atom stereocenters. The monoisotopic (exact) mass is 230 g/mol. The zero-order chi connectivity index (χ0) is 11.8. The SMILES string of the molecule is CN1CCc2c[c]ccc2[C@H]1N1CCC(N)C1. The van der Waals surface area contributed by atoms with Gasteiger partial charge in [-0.2, -0.15) is 0 Å². The first-order valence-electron chi connectivity index (χ1n) is 6.44. The lowest BCUT2D eigenvalue weighted by Crippen LogP contribution is -2.43. The van der Waals surface area contributed by atoms with Crippen LogP contribution in [0.1, 0.15) is 23.7 Å². The standard InChI is InChI=1S/C14H20N3/c1-16-8-6-11-4-2-3-5-13(11)14(16)17-9-7-12(15)10-17/h3-5,12,14H,6-10,15H2,1H3/t12?,14-/m1/s1. The highest BCUT2D eigenvalue weighted by molar-refractivity contribution is 5.31. The molecule has 1 aromatic carbocycles. The van der Waals surface area contributed by atoms with Gasteiger partial charge in [0.1, 0.15) is 0 Å².